The first-order valence-corrected chi connectivity index (χ1v) is 8.43. The van der Waals surface area contributed by atoms with Crippen LogP contribution in [-0.2, 0) is 47.5 Å². The van der Waals surface area contributed by atoms with Gasteiger partial charge in [-0.15, -0.1) is 0 Å². The number of nitrogens with zero attached hydrogens (tertiary/aromatic N) is 4. The van der Waals surface area contributed by atoms with Gasteiger partial charge in [0.25, 0.3) is 0 Å². The summed E-state index contributed by atoms with van der Waals surface area (Å²) in [5.74, 6) is 0. The first-order chi connectivity index (χ1) is 10.3. The van der Waals surface area contributed by atoms with Crippen molar-refractivity contribution in [3.63, 3.8) is 0 Å². The Morgan fingerprint density at radius 1 is 0.955 bits per heavy atom. The van der Waals surface area contributed by atoms with Crippen LogP contribution in [0, 0.1) is 3.80 Å². The number of hydrogen-bond acceptors (Lipinski definition) is 3. The van der Waals surface area contributed by atoms with E-state index in [-0.39, 0.29) is 11.2 Å². The Morgan fingerprint density at radius 2 is 1.50 bits per heavy atom. The Labute approximate surface area is 139 Å². The maximum absolute atomic E-state index is 12.0. The summed E-state index contributed by atoms with van der Waals surface area (Å²) in [5.41, 5.74) is 6.14. The van der Waals surface area contributed by atoms with Gasteiger partial charge in [0.1, 0.15) is 0 Å². The molecule has 1 saturated carbocycles. The molecule has 0 amide bonds. The summed E-state index contributed by atoms with van der Waals surface area (Å²) in [6, 6.07) is 0.546. The molecule has 2 N–H and O–H groups in total. The van der Waals surface area contributed by atoms with E-state index in [0.29, 0.717) is 17.2 Å². The van der Waals surface area contributed by atoms with Crippen LogP contribution in [-0.4, -0.2) is 24.3 Å². The molecule has 0 bridgehead atoms. The third kappa shape index (κ3) is 2.84. The second-order valence-corrected chi connectivity index (χ2v) is 6.80. The number of fused-ring (bicyclic) bond motifs is 1. The molecule has 7 nitrogen and oxygen atoms in total. The van der Waals surface area contributed by atoms with E-state index in [2.05, 4.69) is 19.4 Å². The number of nitrogens with two attached hydrogens (primary N) is 1. The monoisotopic (exact) mass is 488 g/mol. The van der Waals surface area contributed by atoms with Crippen LogP contribution in [0.1, 0.15) is 25.7 Å². The second kappa shape index (κ2) is 6.50. The minimum absolute atomic E-state index is 0.264. The summed E-state index contributed by atoms with van der Waals surface area (Å²) in [6.45, 7) is 0. The molecule has 1 aliphatic carbocycles. The predicted molar refractivity (Wildman–Crippen MR) is 82.1 cm³/mol. The Hall–Kier alpha value is -1.20. The number of rotatable bonds is 0. The largest absolute Gasteiger partial charge is 0.328 e. The molecule has 1 fully saturated rings. The van der Waals surface area contributed by atoms with Gasteiger partial charge in [0, 0.05) is 6.04 Å². The quantitative estimate of drug-likeness (QED) is 0.562. The topological polar surface area (TPSA) is 79.9 Å². The fraction of sp³-hybridized carbons (Fsp3) is 0.643. The van der Waals surface area contributed by atoms with Crippen molar-refractivity contribution in [2.75, 3.05) is 0 Å². The molecule has 0 atom stereocenters. The van der Waals surface area contributed by atoms with Crippen LogP contribution in [0.15, 0.2) is 9.59 Å². The van der Waals surface area contributed by atoms with Gasteiger partial charge in [-0.05, 0) is 12.8 Å². The number of aromatic nitrogens is 4. The summed E-state index contributed by atoms with van der Waals surface area (Å²) in [5, 5.41) is 0. The molecule has 3 rings (SSSR count). The average molecular weight is 488 g/mol. The van der Waals surface area contributed by atoms with Gasteiger partial charge in [0.05, 0.1) is 0 Å². The molecular formula is C14H23N5O2Pt. The van der Waals surface area contributed by atoms with Crippen molar-refractivity contribution in [1.82, 2.24) is 18.3 Å². The SMILES string of the molecule is Cn1c(=O)c2c(n(C)c1=O)n(C)[c](=[Pt])n2C.NC1CCCC1. The predicted octanol–water partition coefficient (Wildman–Crippen LogP) is -0.119. The van der Waals surface area contributed by atoms with E-state index in [9.17, 15) is 9.59 Å². The third-order valence-electron chi connectivity index (χ3n) is 4.18. The van der Waals surface area contributed by atoms with E-state index in [1.54, 1.807) is 11.6 Å². The molecule has 126 valence electrons. The van der Waals surface area contributed by atoms with Crippen molar-refractivity contribution >= 4 is 11.2 Å². The van der Waals surface area contributed by atoms with E-state index in [1.165, 1.54) is 37.3 Å². The standard InChI is InChI=1S/C9H12N4O2.C5H11N.Pt/c1-10-5-11(2)7-6(10)8(14)13(4)9(15)12(7)3;6-5-3-1-2-4-5;/h1-4H3;5H,1-4,6H2;. The van der Waals surface area contributed by atoms with Gasteiger partial charge in [0.2, 0.25) is 0 Å². The summed E-state index contributed by atoms with van der Waals surface area (Å²) in [7, 11) is 6.81. The van der Waals surface area contributed by atoms with Crippen LogP contribution in [0.2, 0.25) is 0 Å². The van der Waals surface area contributed by atoms with Crippen LogP contribution >= 0.6 is 0 Å². The molecular weight excluding hydrogens is 465 g/mol. The average Bonchev–Trinajstić information content (AvgIpc) is 3.05. The normalized spacial score (nSPS) is 15.2. The summed E-state index contributed by atoms with van der Waals surface area (Å²) in [4.78, 5) is 23.8. The van der Waals surface area contributed by atoms with Crippen LogP contribution in [0.4, 0.5) is 0 Å². The molecule has 0 aliphatic heterocycles. The Kier molecular flexibility index (Phi) is 5.07. The smallest absolute Gasteiger partial charge is 0.00388 e. The molecule has 0 unspecified atom stereocenters. The molecule has 0 spiro atoms. The van der Waals surface area contributed by atoms with Crippen LogP contribution in [0.5, 0.6) is 0 Å². The van der Waals surface area contributed by atoms with Gasteiger partial charge in [-0.1, -0.05) is 12.8 Å². The van der Waals surface area contributed by atoms with Crippen molar-refractivity contribution in [3.8, 4) is 0 Å². The molecule has 2 aromatic rings. The van der Waals surface area contributed by atoms with E-state index in [0.717, 1.165) is 8.37 Å². The zero-order chi connectivity index (χ0) is 16.6. The van der Waals surface area contributed by atoms with E-state index < -0.39 is 0 Å². The molecule has 0 saturated heterocycles. The van der Waals surface area contributed by atoms with Gasteiger partial charge in [0.15, 0.2) is 0 Å². The zero-order valence-electron chi connectivity index (χ0n) is 13.4. The summed E-state index contributed by atoms with van der Waals surface area (Å²) >= 11 is 2.12. The van der Waals surface area contributed by atoms with Crippen molar-refractivity contribution in [2.24, 2.45) is 33.9 Å². The Bertz CT molecular complexity index is 864. The molecule has 8 heteroatoms. The summed E-state index contributed by atoms with van der Waals surface area (Å²) < 4.78 is 7.13. The minimum Gasteiger partial charge on any atom is -0.328 e. The molecule has 1 aliphatic rings. The summed E-state index contributed by atoms with van der Waals surface area (Å²) in [6.07, 6.45) is 5.25. The number of aryl methyl sites for hydroxylation is 3. The number of hydrogen-bond donors (Lipinski definition) is 1. The fourth-order valence-corrected chi connectivity index (χ4v) is 3.34. The molecule has 2 aromatic heterocycles. The first kappa shape index (κ1) is 17.2. The maximum Gasteiger partial charge on any atom is 0.00388 e. The van der Waals surface area contributed by atoms with Crippen molar-refractivity contribution in [1.29, 1.82) is 0 Å². The van der Waals surface area contributed by atoms with Gasteiger partial charge in [-0.3, -0.25) is 0 Å². The zero-order valence-corrected chi connectivity index (χ0v) is 15.7. The van der Waals surface area contributed by atoms with Crippen molar-refractivity contribution in [2.45, 2.75) is 31.7 Å². The molecule has 0 aromatic carbocycles. The molecule has 22 heavy (non-hydrogen) atoms. The van der Waals surface area contributed by atoms with E-state index in [4.69, 9.17) is 5.73 Å². The Balaban J connectivity index is 0.000000246. The number of imidazole rings is 1. The van der Waals surface area contributed by atoms with Crippen LogP contribution in [0.25, 0.3) is 11.2 Å². The van der Waals surface area contributed by atoms with E-state index in [1.807, 2.05) is 18.7 Å². The van der Waals surface area contributed by atoms with E-state index >= 15 is 0 Å². The third-order valence-corrected chi connectivity index (χ3v) is 5.70. The second-order valence-electron chi connectivity index (χ2n) is 5.78. The van der Waals surface area contributed by atoms with Gasteiger partial charge >= 0.3 is 102 Å². The van der Waals surface area contributed by atoms with Crippen molar-refractivity contribution in [3.05, 3.63) is 24.6 Å². The maximum atomic E-state index is 12.0. The fourth-order valence-electron chi connectivity index (χ4n) is 2.84. The van der Waals surface area contributed by atoms with Gasteiger partial charge in [-0.25, -0.2) is 0 Å². The Morgan fingerprint density at radius 3 is 1.95 bits per heavy atom. The van der Waals surface area contributed by atoms with Crippen molar-refractivity contribution < 1.29 is 19.4 Å². The molecule has 0 radical (unpaired) electrons. The first-order valence-electron chi connectivity index (χ1n) is 7.29. The minimum atomic E-state index is -0.310. The van der Waals surface area contributed by atoms with Crippen LogP contribution in [0.3, 0.4) is 0 Å². The van der Waals surface area contributed by atoms with Gasteiger partial charge in [-0.2, -0.15) is 0 Å². The van der Waals surface area contributed by atoms with Gasteiger partial charge < -0.3 is 5.73 Å². The van der Waals surface area contributed by atoms with Crippen LogP contribution < -0.4 is 17.0 Å². The molecule has 2 heterocycles.